The molecule has 0 saturated heterocycles. The Morgan fingerprint density at radius 2 is 0.957 bits per heavy atom. The van der Waals surface area contributed by atoms with E-state index in [1.807, 2.05) is 60.7 Å². The van der Waals surface area contributed by atoms with Crippen LogP contribution in [0.4, 0.5) is 0 Å². The molecule has 2 aromatic carbocycles. The van der Waals surface area contributed by atoms with E-state index in [2.05, 4.69) is 0 Å². The molecule has 0 spiro atoms. The van der Waals surface area contributed by atoms with Gasteiger partial charge in [0.05, 0.1) is 0 Å². The van der Waals surface area contributed by atoms with Crippen LogP contribution in [0.5, 0.6) is 0 Å². The van der Waals surface area contributed by atoms with Crippen molar-refractivity contribution < 1.29 is 19.8 Å². The first kappa shape index (κ1) is 21.1. The van der Waals surface area contributed by atoms with Gasteiger partial charge in [-0.3, -0.25) is 0 Å². The summed E-state index contributed by atoms with van der Waals surface area (Å²) in [4.78, 5) is 20.1. The maximum atomic E-state index is 10.1. The molecule has 0 bridgehead atoms. The van der Waals surface area contributed by atoms with E-state index in [1.165, 1.54) is 0 Å². The fraction of sp³-hybridized carbons (Fsp3) is 0.222. The van der Waals surface area contributed by atoms with Crippen LogP contribution in [0.15, 0.2) is 60.7 Å². The minimum absolute atomic E-state index is 0. The molecule has 0 heterocycles. The van der Waals surface area contributed by atoms with Crippen molar-refractivity contribution in [1.82, 2.24) is 0 Å². The first-order valence-corrected chi connectivity index (χ1v) is 7.05. The number of carboxylic acids is 2. The van der Waals surface area contributed by atoms with Crippen LogP contribution in [0.3, 0.4) is 0 Å². The van der Waals surface area contributed by atoms with Gasteiger partial charge in [-0.2, -0.15) is 0 Å². The van der Waals surface area contributed by atoms with Crippen LogP contribution in [-0.4, -0.2) is 35.0 Å². The summed E-state index contributed by atoms with van der Waals surface area (Å²) in [5.74, 6) is -1.98. The SMILES string of the molecule is O=C([O-])CCc1ccccc1.O=C([O-])CCc1ccccc1.[Mg+2]. The Morgan fingerprint density at radius 3 is 1.22 bits per heavy atom. The summed E-state index contributed by atoms with van der Waals surface area (Å²) in [5, 5.41) is 20.1. The molecule has 0 fully saturated rings. The van der Waals surface area contributed by atoms with Gasteiger partial charge < -0.3 is 19.8 Å². The summed E-state index contributed by atoms with van der Waals surface area (Å²) < 4.78 is 0. The summed E-state index contributed by atoms with van der Waals surface area (Å²) in [6.45, 7) is 0. The first-order chi connectivity index (χ1) is 10.6. The minimum Gasteiger partial charge on any atom is -0.550 e. The molecule has 0 aromatic heterocycles. The third-order valence-corrected chi connectivity index (χ3v) is 2.92. The summed E-state index contributed by atoms with van der Waals surface area (Å²) in [6.07, 6.45) is 1.32. The number of aryl methyl sites for hydroxylation is 2. The predicted octanol–water partition coefficient (Wildman–Crippen LogP) is 0.357. The van der Waals surface area contributed by atoms with Crippen molar-refractivity contribution >= 4 is 35.0 Å². The Balaban J connectivity index is 0.000000403. The summed E-state index contributed by atoms with van der Waals surface area (Å²) in [6, 6.07) is 19.0. The van der Waals surface area contributed by atoms with Gasteiger partial charge in [0.15, 0.2) is 0 Å². The van der Waals surface area contributed by atoms with Gasteiger partial charge in [-0.25, -0.2) is 0 Å². The van der Waals surface area contributed by atoms with Crippen LogP contribution in [0.1, 0.15) is 24.0 Å². The van der Waals surface area contributed by atoms with E-state index in [1.54, 1.807) is 0 Å². The second kappa shape index (κ2) is 12.7. The zero-order valence-corrected chi connectivity index (χ0v) is 14.4. The summed E-state index contributed by atoms with van der Waals surface area (Å²) >= 11 is 0. The van der Waals surface area contributed by atoms with E-state index in [0.717, 1.165) is 11.1 Å². The smallest absolute Gasteiger partial charge is 0.550 e. The standard InChI is InChI=1S/2C9H10O2.Mg/c2*10-9(11)7-6-8-4-2-1-3-5-8;/h2*1-5H,6-7H2,(H,10,11);/q;;+2/p-2. The van der Waals surface area contributed by atoms with Crippen molar-refractivity contribution in [1.29, 1.82) is 0 Å². The van der Waals surface area contributed by atoms with Crippen molar-refractivity contribution in [2.24, 2.45) is 0 Å². The largest absolute Gasteiger partial charge is 2.00 e. The van der Waals surface area contributed by atoms with E-state index in [9.17, 15) is 19.8 Å². The normalized spacial score (nSPS) is 9.04. The number of hydrogen-bond donors (Lipinski definition) is 0. The maximum Gasteiger partial charge on any atom is 2.00 e. The number of benzene rings is 2. The molecule has 5 heteroatoms. The van der Waals surface area contributed by atoms with Crippen LogP contribution in [0, 0.1) is 0 Å². The van der Waals surface area contributed by atoms with Gasteiger partial charge in [0.1, 0.15) is 0 Å². The van der Waals surface area contributed by atoms with Gasteiger partial charge in [-0.05, 0) is 36.8 Å². The number of aliphatic carboxylic acids is 2. The zero-order chi connectivity index (χ0) is 16.2. The van der Waals surface area contributed by atoms with Crippen molar-refractivity contribution in [2.45, 2.75) is 25.7 Å². The number of hydrogen-bond acceptors (Lipinski definition) is 4. The van der Waals surface area contributed by atoms with Crippen LogP contribution in [0.2, 0.25) is 0 Å². The molecule has 116 valence electrons. The molecule has 0 atom stereocenters. The van der Waals surface area contributed by atoms with Crippen LogP contribution in [0.25, 0.3) is 0 Å². The molecular formula is C18H18MgO4. The molecule has 0 aliphatic carbocycles. The van der Waals surface area contributed by atoms with E-state index in [-0.39, 0.29) is 35.9 Å². The van der Waals surface area contributed by atoms with Crippen molar-refractivity contribution in [3.8, 4) is 0 Å². The van der Waals surface area contributed by atoms with Gasteiger partial charge in [0, 0.05) is 11.9 Å². The van der Waals surface area contributed by atoms with E-state index < -0.39 is 11.9 Å². The Kier molecular flexibility index (Phi) is 11.6. The Hall–Kier alpha value is -1.85. The Morgan fingerprint density at radius 1 is 0.652 bits per heavy atom. The molecule has 2 aromatic rings. The Bertz CT molecular complexity index is 517. The number of carbonyl (C=O) groups excluding carboxylic acids is 2. The molecule has 23 heavy (non-hydrogen) atoms. The van der Waals surface area contributed by atoms with Crippen LogP contribution >= 0.6 is 0 Å². The number of carbonyl (C=O) groups is 2. The van der Waals surface area contributed by atoms with Gasteiger partial charge in [-0.1, -0.05) is 60.7 Å². The van der Waals surface area contributed by atoms with Crippen molar-refractivity contribution in [3.05, 3.63) is 71.8 Å². The van der Waals surface area contributed by atoms with Crippen molar-refractivity contribution in [3.63, 3.8) is 0 Å². The van der Waals surface area contributed by atoms with E-state index in [4.69, 9.17) is 0 Å². The minimum atomic E-state index is -0.992. The fourth-order valence-electron chi connectivity index (χ4n) is 1.78. The van der Waals surface area contributed by atoms with Gasteiger partial charge >= 0.3 is 23.1 Å². The van der Waals surface area contributed by atoms with Gasteiger partial charge in [0.25, 0.3) is 0 Å². The van der Waals surface area contributed by atoms with E-state index >= 15 is 0 Å². The Labute approximate surface area is 152 Å². The molecule has 0 radical (unpaired) electrons. The fourth-order valence-corrected chi connectivity index (χ4v) is 1.78. The molecule has 0 N–H and O–H groups in total. The molecule has 0 amide bonds. The second-order valence-electron chi connectivity index (χ2n) is 4.72. The maximum absolute atomic E-state index is 10.1. The quantitative estimate of drug-likeness (QED) is 0.719. The predicted molar refractivity (Wildman–Crippen MR) is 85.3 cm³/mol. The molecule has 0 aliphatic heterocycles. The van der Waals surface area contributed by atoms with Crippen LogP contribution < -0.4 is 10.2 Å². The van der Waals surface area contributed by atoms with Gasteiger partial charge in [-0.15, -0.1) is 0 Å². The molecule has 4 nitrogen and oxygen atoms in total. The molecule has 0 unspecified atom stereocenters. The average molecular weight is 323 g/mol. The summed E-state index contributed by atoms with van der Waals surface area (Å²) in [5.41, 5.74) is 2.08. The van der Waals surface area contributed by atoms with Gasteiger partial charge in [0.2, 0.25) is 0 Å². The topological polar surface area (TPSA) is 80.3 Å². The molecular weight excluding hydrogens is 304 g/mol. The third kappa shape index (κ3) is 11.4. The first-order valence-electron chi connectivity index (χ1n) is 7.05. The number of carboxylic acid groups (broad SMARTS) is 2. The molecule has 0 saturated carbocycles. The molecule has 2 rings (SSSR count). The van der Waals surface area contributed by atoms with E-state index in [0.29, 0.717) is 12.8 Å². The third-order valence-electron chi connectivity index (χ3n) is 2.92. The summed E-state index contributed by atoms with van der Waals surface area (Å²) in [7, 11) is 0. The monoisotopic (exact) mass is 322 g/mol. The zero-order valence-electron chi connectivity index (χ0n) is 12.9. The average Bonchev–Trinajstić information content (AvgIpc) is 2.53. The van der Waals surface area contributed by atoms with Crippen LogP contribution in [-0.2, 0) is 22.4 Å². The second-order valence-corrected chi connectivity index (χ2v) is 4.72. The molecule has 0 aliphatic rings. The number of rotatable bonds is 6. The van der Waals surface area contributed by atoms with Crippen molar-refractivity contribution in [2.75, 3.05) is 0 Å².